The monoisotopic (exact) mass is 283 g/mol. The molecule has 2 nitrogen and oxygen atoms in total. The summed E-state index contributed by atoms with van der Waals surface area (Å²) in [7, 11) is 0. The molecule has 100 valence electrons. The van der Waals surface area contributed by atoms with Gasteiger partial charge in [0.2, 0.25) is 5.88 Å². The van der Waals surface area contributed by atoms with Crippen molar-refractivity contribution in [2.45, 2.75) is 6.92 Å². The zero-order chi connectivity index (χ0) is 13.9. The highest BCUT2D eigenvalue weighted by Gasteiger charge is 2.08. The summed E-state index contributed by atoms with van der Waals surface area (Å²) in [5.41, 5.74) is 1.92. The van der Waals surface area contributed by atoms with E-state index in [0.29, 0.717) is 12.5 Å². The second kappa shape index (κ2) is 5.51. The largest absolute Gasteiger partial charge is 0.478 e. The summed E-state index contributed by atoms with van der Waals surface area (Å²) in [5.74, 6) is 0.676. The number of hydrogen-bond donors (Lipinski definition) is 0. The lowest BCUT2D eigenvalue weighted by atomic mass is 10.1. The van der Waals surface area contributed by atoms with Gasteiger partial charge in [0.1, 0.15) is 0 Å². The molecule has 2 aromatic carbocycles. The lowest BCUT2D eigenvalue weighted by Crippen LogP contribution is -1.97. The van der Waals surface area contributed by atoms with Crippen LogP contribution in [0.15, 0.2) is 54.6 Å². The number of nitrogens with zero attached hydrogens (tertiary/aromatic N) is 1. The number of ether oxygens (including phenoxy) is 1. The Bertz CT molecular complexity index is 738. The molecule has 0 aliphatic heterocycles. The van der Waals surface area contributed by atoms with Crippen molar-refractivity contribution < 1.29 is 4.74 Å². The molecule has 0 fully saturated rings. The Balaban J connectivity index is 2.18. The van der Waals surface area contributed by atoms with Gasteiger partial charge in [0.05, 0.1) is 12.3 Å². The fourth-order valence-corrected chi connectivity index (χ4v) is 2.31. The maximum absolute atomic E-state index is 5.93. The number of pyridine rings is 1. The van der Waals surface area contributed by atoms with Crippen molar-refractivity contribution in [3.8, 4) is 17.1 Å². The van der Waals surface area contributed by atoms with Gasteiger partial charge in [0.15, 0.2) is 0 Å². The molecular weight excluding hydrogens is 270 g/mol. The molecule has 0 unspecified atom stereocenters. The van der Waals surface area contributed by atoms with E-state index in [1.165, 1.54) is 0 Å². The van der Waals surface area contributed by atoms with Crippen LogP contribution in [-0.2, 0) is 0 Å². The average molecular weight is 284 g/mol. The van der Waals surface area contributed by atoms with Gasteiger partial charge < -0.3 is 4.74 Å². The van der Waals surface area contributed by atoms with Crippen LogP contribution >= 0.6 is 11.6 Å². The molecule has 0 aliphatic rings. The zero-order valence-electron chi connectivity index (χ0n) is 11.1. The molecule has 0 bridgehead atoms. The molecule has 0 atom stereocenters. The summed E-state index contributed by atoms with van der Waals surface area (Å²) in [5, 5.41) is 2.88. The predicted octanol–water partition coefficient (Wildman–Crippen LogP) is 4.95. The lowest BCUT2D eigenvalue weighted by Gasteiger charge is -2.09. The number of hydrogen-bond acceptors (Lipinski definition) is 2. The van der Waals surface area contributed by atoms with Crippen LogP contribution < -0.4 is 4.74 Å². The normalized spacial score (nSPS) is 10.7. The highest BCUT2D eigenvalue weighted by Crippen LogP contribution is 2.29. The number of fused-ring (bicyclic) bond motifs is 1. The SMILES string of the molecule is CCOc1nc(-c2ccc(Cl)cc2)cc2ccccc12. The van der Waals surface area contributed by atoms with Crippen molar-refractivity contribution in [2.24, 2.45) is 0 Å². The Morgan fingerprint density at radius 3 is 2.55 bits per heavy atom. The molecule has 20 heavy (non-hydrogen) atoms. The van der Waals surface area contributed by atoms with E-state index in [2.05, 4.69) is 17.1 Å². The highest BCUT2D eigenvalue weighted by atomic mass is 35.5. The topological polar surface area (TPSA) is 22.1 Å². The molecule has 0 saturated heterocycles. The Morgan fingerprint density at radius 2 is 1.80 bits per heavy atom. The van der Waals surface area contributed by atoms with Gasteiger partial charge in [-0.25, -0.2) is 4.98 Å². The van der Waals surface area contributed by atoms with Crippen molar-refractivity contribution in [2.75, 3.05) is 6.61 Å². The molecule has 3 heteroatoms. The third-order valence-electron chi connectivity index (χ3n) is 3.13. The highest BCUT2D eigenvalue weighted by molar-refractivity contribution is 6.30. The van der Waals surface area contributed by atoms with E-state index in [-0.39, 0.29) is 0 Å². The minimum absolute atomic E-state index is 0.598. The third kappa shape index (κ3) is 2.47. The van der Waals surface area contributed by atoms with Crippen LogP contribution in [0.3, 0.4) is 0 Å². The molecule has 0 amide bonds. The van der Waals surface area contributed by atoms with Gasteiger partial charge in [-0.1, -0.05) is 41.9 Å². The Hall–Kier alpha value is -2.06. The molecule has 0 N–H and O–H groups in total. The van der Waals surface area contributed by atoms with E-state index in [4.69, 9.17) is 16.3 Å². The molecule has 0 aliphatic carbocycles. The van der Waals surface area contributed by atoms with Crippen LogP contribution in [0, 0.1) is 0 Å². The standard InChI is InChI=1S/C17H14ClNO/c1-2-20-17-15-6-4-3-5-13(15)11-16(19-17)12-7-9-14(18)10-8-12/h3-11H,2H2,1H3. The molecule has 1 heterocycles. The molecule has 3 aromatic rings. The van der Waals surface area contributed by atoms with Gasteiger partial charge in [0, 0.05) is 16.0 Å². The van der Waals surface area contributed by atoms with Crippen molar-refractivity contribution in [3.05, 3.63) is 59.6 Å². The predicted molar refractivity (Wildman–Crippen MR) is 83.4 cm³/mol. The van der Waals surface area contributed by atoms with Gasteiger partial charge in [-0.15, -0.1) is 0 Å². The summed E-state index contributed by atoms with van der Waals surface area (Å²) >= 11 is 5.93. The van der Waals surface area contributed by atoms with Crippen LogP contribution in [0.5, 0.6) is 5.88 Å². The average Bonchev–Trinajstić information content (AvgIpc) is 2.48. The zero-order valence-corrected chi connectivity index (χ0v) is 11.9. The minimum atomic E-state index is 0.598. The van der Waals surface area contributed by atoms with E-state index < -0.39 is 0 Å². The fraction of sp³-hybridized carbons (Fsp3) is 0.118. The van der Waals surface area contributed by atoms with Crippen molar-refractivity contribution in [1.82, 2.24) is 4.98 Å². The van der Waals surface area contributed by atoms with E-state index in [1.807, 2.05) is 49.4 Å². The van der Waals surface area contributed by atoms with E-state index >= 15 is 0 Å². The minimum Gasteiger partial charge on any atom is -0.478 e. The maximum atomic E-state index is 5.93. The Labute approximate surface area is 123 Å². The van der Waals surface area contributed by atoms with Gasteiger partial charge in [-0.05, 0) is 36.6 Å². The Morgan fingerprint density at radius 1 is 1.05 bits per heavy atom. The maximum Gasteiger partial charge on any atom is 0.221 e. The van der Waals surface area contributed by atoms with E-state index in [1.54, 1.807) is 0 Å². The summed E-state index contributed by atoms with van der Waals surface area (Å²) in [6, 6.07) is 17.9. The number of halogens is 1. The summed E-state index contributed by atoms with van der Waals surface area (Å²) in [4.78, 5) is 4.63. The molecule has 0 spiro atoms. The summed E-state index contributed by atoms with van der Waals surface area (Å²) in [6.07, 6.45) is 0. The van der Waals surface area contributed by atoms with Crippen LogP contribution in [0.2, 0.25) is 5.02 Å². The lowest BCUT2D eigenvalue weighted by molar-refractivity contribution is 0.332. The van der Waals surface area contributed by atoms with Crippen molar-refractivity contribution in [1.29, 1.82) is 0 Å². The second-order valence-corrected chi connectivity index (χ2v) is 4.91. The number of aromatic nitrogens is 1. The van der Waals surface area contributed by atoms with Crippen LogP contribution in [0.1, 0.15) is 6.92 Å². The van der Waals surface area contributed by atoms with Gasteiger partial charge >= 0.3 is 0 Å². The Kier molecular flexibility index (Phi) is 3.57. The first-order valence-electron chi connectivity index (χ1n) is 6.56. The smallest absolute Gasteiger partial charge is 0.221 e. The van der Waals surface area contributed by atoms with Gasteiger partial charge in [-0.2, -0.15) is 0 Å². The van der Waals surface area contributed by atoms with Crippen molar-refractivity contribution >= 4 is 22.4 Å². The first-order valence-corrected chi connectivity index (χ1v) is 6.94. The first-order chi connectivity index (χ1) is 9.78. The molecule has 0 radical (unpaired) electrons. The first kappa shape index (κ1) is 12.9. The molecular formula is C17H14ClNO. The quantitative estimate of drug-likeness (QED) is 0.678. The second-order valence-electron chi connectivity index (χ2n) is 4.47. The van der Waals surface area contributed by atoms with Crippen LogP contribution in [0.4, 0.5) is 0 Å². The van der Waals surface area contributed by atoms with E-state index in [0.717, 1.165) is 27.1 Å². The van der Waals surface area contributed by atoms with Gasteiger partial charge in [0.25, 0.3) is 0 Å². The van der Waals surface area contributed by atoms with E-state index in [9.17, 15) is 0 Å². The molecule has 0 saturated carbocycles. The molecule has 3 rings (SSSR count). The fourth-order valence-electron chi connectivity index (χ4n) is 2.18. The van der Waals surface area contributed by atoms with Gasteiger partial charge in [-0.3, -0.25) is 0 Å². The van der Waals surface area contributed by atoms with Crippen molar-refractivity contribution in [3.63, 3.8) is 0 Å². The van der Waals surface area contributed by atoms with Crippen LogP contribution in [0.25, 0.3) is 22.0 Å². The summed E-state index contributed by atoms with van der Waals surface area (Å²) in [6.45, 7) is 2.56. The number of benzene rings is 2. The number of rotatable bonds is 3. The molecule has 1 aromatic heterocycles. The van der Waals surface area contributed by atoms with Crippen LogP contribution in [-0.4, -0.2) is 11.6 Å². The summed E-state index contributed by atoms with van der Waals surface area (Å²) < 4.78 is 5.67. The third-order valence-corrected chi connectivity index (χ3v) is 3.38.